The van der Waals surface area contributed by atoms with Crippen molar-refractivity contribution >= 4 is 11.2 Å². The van der Waals surface area contributed by atoms with Gasteiger partial charge < -0.3 is 4.98 Å². The van der Waals surface area contributed by atoms with Gasteiger partial charge in [0.05, 0.1) is 6.54 Å². The molecule has 0 amide bonds. The third-order valence-electron chi connectivity index (χ3n) is 4.08. The number of imidazole rings is 1. The Bertz CT molecular complexity index is 1130. The van der Waals surface area contributed by atoms with Crippen molar-refractivity contribution in [2.45, 2.75) is 13.0 Å². The van der Waals surface area contributed by atoms with Gasteiger partial charge in [-0.15, -0.1) is 0 Å². The minimum atomic E-state index is -0.459. The van der Waals surface area contributed by atoms with Gasteiger partial charge in [-0.2, -0.15) is 0 Å². The molecule has 0 aliphatic carbocycles. The molecule has 2 heterocycles. The highest BCUT2D eigenvalue weighted by Gasteiger charge is 2.12. The van der Waals surface area contributed by atoms with Crippen LogP contribution in [0, 0.1) is 0 Å². The minimum absolute atomic E-state index is 0.220. The molecule has 0 fully saturated rings. The molecule has 124 valence electrons. The monoisotopic (exact) mass is 332 g/mol. The number of aromatic nitrogens is 4. The zero-order valence-electron chi connectivity index (χ0n) is 13.4. The highest BCUT2D eigenvalue weighted by Crippen LogP contribution is 2.09. The fourth-order valence-corrected chi connectivity index (χ4v) is 2.85. The second-order valence-corrected chi connectivity index (χ2v) is 5.88. The maximum atomic E-state index is 12.7. The maximum absolute atomic E-state index is 12.7. The van der Waals surface area contributed by atoms with Crippen molar-refractivity contribution in [3.8, 4) is 0 Å². The average Bonchev–Trinajstić information content (AvgIpc) is 3.03. The van der Waals surface area contributed by atoms with Gasteiger partial charge in [-0.25, -0.2) is 9.78 Å². The molecule has 0 spiro atoms. The third kappa shape index (κ3) is 3.01. The molecule has 0 unspecified atom stereocenters. The molecule has 2 aromatic carbocycles. The zero-order valence-corrected chi connectivity index (χ0v) is 13.4. The van der Waals surface area contributed by atoms with Crippen LogP contribution >= 0.6 is 0 Å². The summed E-state index contributed by atoms with van der Waals surface area (Å²) in [6.07, 6.45) is 0.565. The topological polar surface area (TPSA) is 83.5 Å². The lowest BCUT2D eigenvalue weighted by atomic mass is 10.1. The molecular formula is C19H16N4O2. The quantitative estimate of drug-likeness (QED) is 0.600. The first kappa shape index (κ1) is 15.1. The fourth-order valence-electron chi connectivity index (χ4n) is 2.85. The van der Waals surface area contributed by atoms with Crippen molar-refractivity contribution in [2.24, 2.45) is 0 Å². The van der Waals surface area contributed by atoms with Crippen molar-refractivity contribution in [3.05, 3.63) is 98.5 Å². The van der Waals surface area contributed by atoms with E-state index >= 15 is 0 Å². The van der Waals surface area contributed by atoms with E-state index in [2.05, 4.69) is 15.0 Å². The van der Waals surface area contributed by atoms with Crippen LogP contribution in [0.3, 0.4) is 0 Å². The zero-order chi connectivity index (χ0) is 17.2. The Morgan fingerprint density at radius 1 is 0.840 bits per heavy atom. The summed E-state index contributed by atoms with van der Waals surface area (Å²) in [5.41, 5.74) is 1.76. The summed E-state index contributed by atoms with van der Waals surface area (Å²) < 4.78 is 1.18. The Labute approximate surface area is 142 Å². The number of nitrogens with zero attached hydrogens (tertiary/aromatic N) is 2. The number of fused-ring (bicyclic) bond motifs is 1. The molecule has 0 saturated carbocycles. The van der Waals surface area contributed by atoms with Gasteiger partial charge in [0, 0.05) is 6.42 Å². The van der Waals surface area contributed by atoms with E-state index in [1.165, 1.54) is 4.57 Å². The van der Waals surface area contributed by atoms with Crippen molar-refractivity contribution in [3.63, 3.8) is 0 Å². The fraction of sp³-hybridized carbons (Fsp3) is 0.105. The molecule has 25 heavy (non-hydrogen) atoms. The lowest BCUT2D eigenvalue weighted by Crippen LogP contribution is -2.35. The van der Waals surface area contributed by atoms with Crippen LogP contribution in [-0.2, 0) is 13.0 Å². The van der Waals surface area contributed by atoms with Crippen LogP contribution in [-0.4, -0.2) is 19.5 Å². The smallest absolute Gasteiger partial charge is 0.330 e. The van der Waals surface area contributed by atoms with Gasteiger partial charge in [0.1, 0.15) is 11.3 Å². The van der Waals surface area contributed by atoms with E-state index in [0.29, 0.717) is 23.4 Å². The maximum Gasteiger partial charge on any atom is 0.330 e. The lowest BCUT2D eigenvalue weighted by molar-refractivity contribution is 0.709. The molecule has 2 N–H and O–H groups in total. The van der Waals surface area contributed by atoms with Crippen molar-refractivity contribution in [2.75, 3.05) is 0 Å². The predicted octanol–water partition coefficient (Wildman–Crippen LogP) is 2.05. The summed E-state index contributed by atoms with van der Waals surface area (Å²) in [5, 5.41) is 0. The molecule has 0 bridgehead atoms. The van der Waals surface area contributed by atoms with Crippen LogP contribution < -0.4 is 11.2 Å². The van der Waals surface area contributed by atoms with Gasteiger partial charge in [-0.1, -0.05) is 60.7 Å². The first-order valence-corrected chi connectivity index (χ1v) is 8.00. The lowest BCUT2D eigenvalue weighted by Gasteiger charge is -2.04. The average molecular weight is 332 g/mol. The molecule has 4 rings (SSSR count). The number of H-pyrrole nitrogens is 2. The van der Waals surface area contributed by atoms with Gasteiger partial charge in [0.25, 0.3) is 5.56 Å². The van der Waals surface area contributed by atoms with E-state index < -0.39 is 5.69 Å². The number of nitrogens with one attached hydrogen (secondary N) is 2. The molecule has 0 saturated heterocycles. The van der Waals surface area contributed by atoms with Crippen LogP contribution in [0.25, 0.3) is 11.2 Å². The van der Waals surface area contributed by atoms with E-state index in [1.54, 1.807) is 0 Å². The Morgan fingerprint density at radius 2 is 1.48 bits per heavy atom. The van der Waals surface area contributed by atoms with Gasteiger partial charge in [-0.05, 0) is 11.1 Å². The summed E-state index contributed by atoms with van der Waals surface area (Å²) >= 11 is 0. The standard InChI is InChI=1S/C19H16N4O2/c24-18-16-17(21-15(20-16)11-13-7-3-1-4-8-13)22-19(25)23(18)12-14-9-5-2-6-10-14/h1-10H,11-12H2,(H,20,21)(H,22,25). The van der Waals surface area contributed by atoms with E-state index in [-0.39, 0.29) is 12.1 Å². The Kier molecular flexibility index (Phi) is 3.78. The summed E-state index contributed by atoms with van der Waals surface area (Å²) in [6.45, 7) is 0.220. The molecule has 0 atom stereocenters. The van der Waals surface area contributed by atoms with Crippen LogP contribution in [0.1, 0.15) is 17.0 Å². The summed E-state index contributed by atoms with van der Waals surface area (Å²) in [7, 11) is 0. The second kappa shape index (κ2) is 6.24. The SMILES string of the molecule is O=c1[nH]c2nc(Cc3ccccc3)[nH]c2c(=O)n1Cc1ccccc1. The predicted molar refractivity (Wildman–Crippen MR) is 95.8 cm³/mol. The van der Waals surface area contributed by atoms with Gasteiger partial charge in [0.15, 0.2) is 5.65 Å². The van der Waals surface area contributed by atoms with Gasteiger partial charge in [0.2, 0.25) is 0 Å². The van der Waals surface area contributed by atoms with Crippen LogP contribution in [0.5, 0.6) is 0 Å². The summed E-state index contributed by atoms with van der Waals surface area (Å²) in [6, 6.07) is 19.2. The molecular weight excluding hydrogens is 316 g/mol. The van der Waals surface area contributed by atoms with E-state index in [0.717, 1.165) is 11.1 Å². The van der Waals surface area contributed by atoms with Crippen molar-refractivity contribution < 1.29 is 0 Å². The van der Waals surface area contributed by atoms with Crippen molar-refractivity contribution in [1.29, 1.82) is 0 Å². The largest absolute Gasteiger partial charge is 0.336 e. The molecule has 4 aromatic rings. The molecule has 2 aromatic heterocycles. The third-order valence-corrected chi connectivity index (χ3v) is 4.08. The molecule has 0 aliphatic heterocycles. The van der Waals surface area contributed by atoms with Gasteiger partial charge >= 0.3 is 5.69 Å². The Hall–Kier alpha value is -3.41. The molecule has 6 heteroatoms. The summed E-state index contributed by atoms with van der Waals surface area (Å²) in [5.74, 6) is 0.645. The summed E-state index contributed by atoms with van der Waals surface area (Å²) in [4.78, 5) is 35.1. The van der Waals surface area contributed by atoms with E-state index in [4.69, 9.17) is 0 Å². The van der Waals surface area contributed by atoms with Crippen LogP contribution in [0.15, 0.2) is 70.3 Å². The van der Waals surface area contributed by atoms with Gasteiger partial charge in [-0.3, -0.25) is 14.3 Å². The minimum Gasteiger partial charge on any atom is -0.336 e. The first-order chi connectivity index (χ1) is 12.2. The highest BCUT2D eigenvalue weighted by molar-refractivity contribution is 5.69. The highest BCUT2D eigenvalue weighted by atomic mass is 16.2. The van der Waals surface area contributed by atoms with Crippen LogP contribution in [0.2, 0.25) is 0 Å². The normalized spacial score (nSPS) is 11.0. The Morgan fingerprint density at radius 3 is 2.16 bits per heavy atom. The van der Waals surface area contributed by atoms with E-state index in [9.17, 15) is 9.59 Å². The molecule has 0 radical (unpaired) electrons. The molecule has 0 aliphatic rings. The number of rotatable bonds is 4. The number of hydrogen-bond acceptors (Lipinski definition) is 3. The van der Waals surface area contributed by atoms with E-state index in [1.807, 2.05) is 60.7 Å². The number of hydrogen-bond donors (Lipinski definition) is 2. The number of benzene rings is 2. The molecule has 6 nitrogen and oxygen atoms in total. The number of aromatic amines is 2. The first-order valence-electron chi connectivity index (χ1n) is 8.00. The second-order valence-electron chi connectivity index (χ2n) is 5.88. The Balaban J connectivity index is 1.74. The van der Waals surface area contributed by atoms with Crippen LogP contribution in [0.4, 0.5) is 0 Å². The van der Waals surface area contributed by atoms with Crippen molar-refractivity contribution in [1.82, 2.24) is 19.5 Å².